The van der Waals surface area contributed by atoms with Gasteiger partial charge in [-0.05, 0) is 37.6 Å². The van der Waals surface area contributed by atoms with E-state index >= 15 is 0 Å². The summed E-state index contributed by atoms with van der Waals surface area (Å²) in [6.45, 7) is 4.62. The van der Waals surface area contributed by atoms with E-state index in [1.807, 2.05) is 13.8 Å². The largest absolute Gasteiger partial charge is 0.436 e. The standard InChI is InChI=1S/C16H17FIN3O2/c1-16(2,18)21-8-10-3-5-13(12(17)7-10)23-14-6-4-11(9-20-14)15(19)22/h3-7,9,21H,8H2,1-2H3,(H2,19,22). The van der Waals surface area contributed by atoms with E-state index in [1.54, 1.807) is 12.1 Å². The molecular weight excluding hydrogens is 412 g/mol. The van der Waals surface area contributed by atoms with Gasteiger partial charge < -0.3 is 10.5 Å². The molecule has 7 heteroatoms. The van der Waals surface area contributed by atoms with Gasteiger partial charge in [0.15, 0.2) is 11.6 Å². The molecule has 0 aliphatic heterocycles. The van der Waals surface area contributed by atoms with Crippen molar-refractivity contribution in [1.82, 2.24) is 10.3 Å². The number of primary amides is 1. The third kappa shape index (κ3) is 5.43. The van der Waals surface area contributed by atoms with E-state index in [0.717, 1.165) is 5.56 Å². The average molecular weight is 429 g/mol. The van der Waals surface area contributed by atoms with Gasteiger partial charge in [-0.3, -0.25) is 10.1 Å². The van der Waals surface area contributed by atoms with Crippen molar-refractivity contribution in [2.75, 3.05) is 0 Å². The first-order chi connectivity index (χ1) is 10.7. The monoisotopic (exact) mass is 429 g/mol. The van der Waals surface area contributed by atoms with E-state index in [9.17, 15) is 9.18 Å². The molecule has 1 aromatic heterocycles. The summed E-state index contributed by atoms with van der Waals surface area (Å²) in [6, 6.07) is 7.70. The Bertz CT molecular complexity index is 699. The van der Waals surface area contributed by atoms with Crippen molar-refractivity contribution >= 4 is 28.5 Å². The van der Waals surface area contributed by atoms with E-state index in [-0.39, 0.29) is 20.7 Å². The molecule has 23 heavy (non-hydrogen) atoms. The van der Waals surface area contributed by atoms with Crippen LogP contribution in [0.4, 0.5) is 4.39 Å². The first kappa shape index (κ1) is 17.6. The quantitative estimate of drug-likeness (QED) is 0.420. The van der Waals surface area contributed by atoms with Gasteiger partial charge in [0.1, 0.15) is 0 Å². The molecule has 0 saturated carbocycles. The summed E-state index contributed by atoms with van der Waals surface area (Å²) in [7, 11) is 0. The molecule has 0 aliphatic rings. The van der Waals surface area contributed by atoms with Crippen molar-refractivity contribution < 1.29 is 13.9 Å². The molecule has 0 fully saturated rings. The lowest BCUT2D eigenvalue weighted by molar-refractivity contribution is 0.1000. The Kier molecular flexibility index (Phi) is 5.53. The molecule has 0 aliphatic carbocycles. The highest BCUT2D eigenvalue weighted by Gasteiger charge is 2.12. The summed E-state index contributed by atoms with van der Waals surface area (Å²) in [5, 5.41) is 3.27. The molecule has 0 atom stereocenters. The Morgan fingerprint density at radius 3 is 2.65 bits per heavy atom. The van der Waals surface area contributed by atoms with Gasteiger partial charge in [0, 0.05) is 18.8 Å². The molecule has 122 valence electrons. The van der Waals surface area contributed by atoms with E-state index in [4.69, 9.17) is 10.5 Å². The van der Waals surface area contributed by atoms with Crippen molar-refractivity contribution in [3.63, 3.8) is 0 Å². The lowest BCUT2D eigenvalue weighted by Crippen LogP contribution is -2.31. The molecule has 5 nitrogen and oxygen atoms in total. The van der Waals surface area contributed by atoms with E-state index in [2.05, 4.69) is 32.9 Å². The summed E-state index contributed by atoms with van der Waals surface area (Å²) in [5.41, 5.74) is 6.21. The van der Waals surface area contributed by atoms with Gasteiger partial charge in [0.25, 0.3) is 0 Å². The number of alkyl halides is 1. The number of hydrogen-bond donors (Lipinski definition) is 2. The van der Waals surface area contributed by atoms with Gasteiger partial charge in [-0.2, -0.15) is 0 Å². The number of amides is 1. The van der Waals surface area contributed by atoms with Crippen LogP contribution in [0.5, 0.6) is 11.6 Å². The van der Waals surface area contributed by atoms with Crippen LogP contribution >= 0.6 is 22.6 Å². The summed E-state index contributed by atoms with van der Waals surface area (Å²) in [6.07, 6.45) is 1.29. The van der Waals surface area contributed by atoms with Crippen LogP contribution in [0.1, 0.15) is 29.8 Å². The zero-order chi connectivity index (χ0) is 17.0. The lowest BCUT2D eigenvalue weighted by atomic mass is 10.2. The Hall–Kier alpha value is -1.74. The van der Waals surface area contributed by atoms with Crippen molar-refractivity contribution in [1.29, 1.82) is 0 Å². The molecule has 0 unspecified atom stereocenters. The fraction of sp³-hybridized carbons (Fsp3) is 0.250. The number of benzene rings is 1. The van der Waals surface area contributed by atoms with Crippen LogP contribution < -0.4 is 15.8 Å². The molecule has 1 aromatic carbocycles. The molecule has 3 N–H and O–H groups in total. The molecule has 0 radical (unpaired) electrons. The minimum atomic E-state index is -0.578. The zero-order valence-electron chi connectivity index (χ0n) is 12.8. The third-order valence-corrected chi connectivity index (χ3v) is 3.33. The summed E-state index contributed by atoms with van der Waals surface area (Å²) in [5.74, 6) is -0.795. The zero-order valence-corrected chi connectivity index (χ0v) is 14.9. The second-order valence-corrected chi connectivity index (χ2v) is 8.14. The SMILES string of the molecule is CC(C)(I)NCc1ccc(Oc2ccc(C(N)=O)cn2)c(F)c1. The van der Waals surface area contributed by atoms with Crippen LogP contribution in [-0.4, -0.2) is 14.4 Å². The van der Waals surface area contributed by atoms with E-state index < -0.39 is 11.7 Å². The molecule has 0 saturated heterocycles. The lowest BCUT2D eigenvalue weighted by Gasteiger charge is -2.18. The Morgan fingerprint density at radius 2 is 2.13 bits per heavy atom. The van der Waals surface area contributed by atoms with Crippen LogP contribution in [0, 0.1) is 5.82 Å². The Morgan fingerprint density at radius 1 is 1.39 bits per heavy atom. The van der Waals surface area contributed by atoms with E-state index in [1.165, 1.54) is 24.4 Å². The van der Waals surface area contributed by atoms with Gasteiger partial charge in [-0.1, -0.05) is 28.7 Å². The van der Waals surface area contributed by atoms with Gasteiger partial charge in [-0.15, -0.1) is 0 Å². The van der Waals surface area contributed by atoms with Crippen LogP contribution in [0.15, 0.2) is 36.5 Å². The van der Waals surface area contributed by atoms with Gasteiger partial charge in [-0.25, -0.2) is 9.37 Å². The number of nitrogens with zero attached hydrogens (tertiary/aromatic N) is 1. The number of nitrogens with two attached hydrogens (primary N) is 1. The molecule has 2 aromatic rings. The van der Waals surface area contributed by atoms with Crippen molar-refractivity contribution in [2.45, 2.75) is 23.9 Å². The molecular formula is C16H17FIN3O2. The maximum atomic E-state index is 14.1. The predicted molar refractivity (Wildman–Crippen MR) is 94.2 cm³/mol. The number of ether oxygens (including phenoxy) is 1. The fourth-order valence-corrected chi connectivity index (χ4v) is 1.94. The normalized spacial score (nSPS) is 11.3. The topological polar surface area (TPSA) is 77.2 Å². The second-order valence-electron chi connectivity index (χ2n) is 5.44. The summed E-state index contributed by atoms with van der Waals surface area (Å²) >= 11 is 2.27. The van der Waals surface area contributed by atoms with Crippen LogP contribution in [0.2, 0.25) is 0 Å². The molecule has 1 amide bonds. The first-order valence-corrected chi connectivity index (χ1v) is 7.98. The van der Waals surface area contributed by atoms with Crippen LogP contribution in [-0.2, 0) is 6.54 Å². The van der Waals surface area contributed by atoms with E-state index in [0.29, 0.717) is 6.54 Å². The third-order valence-electron chi connectivity index (χ3n) is 2.94. The average Bonchev–Trinajstić information content (AvgIpc) is 2.47. The smallest absolute Gasteiger partial charge is 0.250 e. The first-order valence-electron chi connectivity index (χ1n) is 6.91. The van der Waals surface area contributed by atoms with Crippen molar-refractivity contribution in [2.24, 2.45) is 5.73 Å². The second kappa shape index (κ2) is 7.22. The van der Waals surface area contributed by atoms with Gasteiger partial charge in [0.2, 0.25) is 11.8 Å². The number of pyridine rings is 1. The number of hydrogen-bond acceptors (Lipinski definition) is 4. The minimum Gasteiger partial charge on any atom is -0.436 e. The van der Waals surface area contributed by atoms with Gasteiger partial charge >= 0.3 is 0 Å². The highest BCUT2D eigenvalue weighted by molar-refractivity contribution is 14.1. The Balaban J connectivity index is 2.07. The number of carbonyl (C=O) groups excluding carboxylic acids is 1. The predicted octanol–water partition coefficient (Wildman–Crippen LogP) is 3.37. The number of nitrogens with one attached hydrogen (secondary N) is 1. The highest BCUT2D eigenvalue weighted by Crippen LogP contribution is 2.24. The maximum Gasteiger partial charge on any atom is 0.250 e. The summed E-state index contributed by atoms with van der Waals surface area (Å²) in [4.78, 5) is 14.9. The van der Waals surface area contributed by atoms with Crippen LogP contribution in [0.3, 0.4) is 0 Å². The molecule has 0 spiro atoms. The number of aromatic nitrogens is 1. The molecule has 2 rings (SSSR count). The minimum absolute atomic E-state index is 0.0711. The van der Waals surface area contributed by atoms with Crippen molar-refractivity contribution in [3.05, 3.63) is 53.5 Å². The number of rotatable bonds is 6. The number of carbonyl (C=O) groups is 1. The number of halogens is 2. The van der Waals surface area contributed by atoms with Crippen molar-refractivity contribution in [3.8, 4) is 11.6 Å². The van der Waals surface area contributed by atoms with Gasteiger partial charge in [0.05, 0.1) is 9.11 Å². The molecule has 0 bridgehead atoms. The summed E-state index contributed by atoms with van der Waals surface area (Å²) < 4.78 is 19.4. The Labute approximate surface area is 147 Å². The van der Waals surface area contributed by atoms with Crippen LogP contribution in [0.25, 0.3) is 0 Å². The highest BCUT2D eigenvalue weighted by atomic mass is 127. The molecule has 1 heterocycles. The fourth-order valence-electron chi connectivity index (χ4n) is 1.75. The maximum absolute atomic E-state index is 14.1.